The highest BCUT2D eigenvalue weighted by atomic mass is 35.5. The minimum Gasteiger partial charge on any atom is -0.341 e. The van der Waals surface area contributed by atoms with Crippen LogP contribution in [0.3, 0.4) is 0 Å². The molecule has 2 aliphatic rings. The number of amides is 1. The Morgan fingerprint density at radius 1 is 1.21 bits per heavy atom. The molecule has 3 unspecified atom stereocenters. The van der Waals surface area contributed by atoms with Gasteiger partial charge in [-0.3, -0.25) is 4.79 Å². The average Bonchev–Trinajstić information content (AvgIpc) is 2.74. The lowest BCUT2D eigenvalue weighted by molar-refractivity contribution is -0.187. The minimum absolute atomic E-state index is 0. The van der Waals surface area contributed by atoms with Crippen molar-refractivity contribution in [2.75, 3.05) is 13.1 Å². The van der Waals surface area contributed by atoms with E-state index in [2.05, 4.69) is 0 Å². The summed E-state index contributed by atoms with van der Waals surface area (Å²) in [5.41, 5.74) is 5.72. The Kier molecular flexibility index (Phi) is 5.50. The van der Waals surface area contributed by atoms with E-state index in [0.717, 1.165) is 6.42 Å². The molecule has 1 saturated carbocycles. The Morgan fingerprint density at radius 2 is 1.89 bits per heavy atom. The Balaban J connectivity index is 0.00000180. The summed E-state index contributed by atoms with van der Waals surface area (Å²) in [6, 6.07) is -0.0176. The fourth-order valence-electron chi connectivity index (χ4n) is 2.96. The van der Waals surface area contributed by atoms with Gasteiger partial charge in [-0.1, -0.05) is 6.42 Å². The molecule has 112 valence electrons. The monoisotopic (exact) mass is 300 g/mol. The molecule has 1 aliphatic heterocycles. The number of likely N-dealkylation sites (tertiary alicyclic amines) is 1. The predicted octanol–water partition coefficient (Wildman–Crippen LogP) is 2.34. The number of nitrogens with zero attached hydrogens (tertiary/aromatic N) is 1. The van der Waals surface area contributed by atoms with Gasteiger partial charge in [-0.15, -0.1) is 12.4 Å². The van der Waals surface area contributed by atoms with Gasteiger partial charge in [0.1, 0.15) is 0 Å². The van der Waals surface area contributed by atoms with Crippen molar-refractivity contribution in [1.82, 2.24) is 4.90 Å². The molecular weight excluding hydrogens is 281 g/mol. The quantitative estimate of drug-likeness (QED) is 0.808. The van der Waals surface area contributed by atoms with Gasteiger partial charge in [0, 0.05) is 25.0 Å². The Labute approximate surface area is 117 Å². The van der Waals surface area contributed by atoms with Crippen LogP contribution in [0.5, 0.6) is 0 Å². The zero-order valence-electron chi connectivity index (χ0n) is 10.7. The van der Waals surface area contributed by atoms with Crippen molar-refractivity contribution in [3.05, 3.63) is 0 Å². The van der Waals surface area contributed by atoms with Crippen LogP contribution in [-0.2, 0) is 4.79 Å². The maximum atomic E-state index is 12.7. The van der Waals surface area contributed by atoms with Crippen LogP contribution in [0.15, 0.2) is 0 Å². The number of rotatable bonds is 1. The van der Waals surface area contributed by atoms with E-state index in [1.807, 2.05) is 0 Å². The Bertz CT molecular complexity index is 325. The topological polar surface area (TPSA) is 46.3 Å². The molecule has 3 atom stereocenters. The van der Waals surface area contributed by atoms with E-state index in [1.54, 1.807) is 4.90 Å². The van der Waals surface area contributed by atoms with E-state index in [4.69, 9.17) is 5.73 Å². The van der Waals surface area contributed by atoms with Gasteiger partial charge >= 0.3 is 6.18 Å². The smallest absolute Gasteiger partial charge is 0.341 e. The number of nitrogens with two attached hydrogens (primary N) is 1. The van der Waals surface area contributed by atoms with E-state index in [9.17, 15) is 18.0 Å². The predicted molar refractivity (Wildman–Crippen MR) is 67.9 cm³/mol. The summed E-state index contributed by atoms with van der Waals surface area (Å²) in [7, 11) is 0. The second kappa shape index (κ2) is 6.31. The van der Waals surface area contributed by atoms with E-state index in [0.29, 0.717) is 25.9 Å². The van der Waals surface area contributed by atoms with Gasteiger partial charge in [0.25, 0.3) is 0 Å². The average molecular weight is 301 g/mol. The van der Waals surface area contributed by atoms with Gasteiger partial charge < -0.3 is 10.6 Å². The van der Waals surface area contributed by atoms with Crippen molar-refractivity contribution in [3.8, 4) is 0 Å². The third-order valence-corrected chi connectivity index (χ3v) is 4.02. The zero-order chi connectivity index (χ0) is 13.3. The minimum atomic E-state index is -4.17. The highest BCUT2D eigenvalue weighted by molar-refractivity contribution is 5.85. The first kappa shape index (κ1) is 16.6. The second-order valence-electron chi connectivity index (χ2n) is 5.44. The third kappa shape index (κ3) is 3.99. The first-order valence-corrected chi connectivity index (χ1v) is 6.49. The summed E-state index contributed by atoms with van der Waals surface area (Å²) in [6.45, 7) is 1.08. The van der Waals surface area contributed by atoms with Crippen LogP contribution in [0.4, 0.5) is 13.2 Å². The standard InChI is InChI=1S/C12H19F3N2O.ClH/c13-12(14,15)9-3-1-2-8(6-9)11(18)17-5-4-10(16)7-17;/h8-10H,1-7,16H2;1H. The number of carbonyl (C=O) groups excluding carboxylic acids is 1. The molecule has 0 radical (unpaired) electrons. The van der Waals surface area contributed by atoms with Crippen LogP contribution < -0.4 is 5.73 Å². The van der Waals surface area contributed by atoms with E-state index in [-0.39, 0.29) is 37.2 Å². The second-order valence-corrected chi connectivity index (χ2v) is 5.44. The number of carbonyl (C=O) groups is 1. The lowest BCUT2D eigenvalue weighted by Gasteiger charge is -2.32. The maximum absolute atomic E-state index is 12.7. The van der Waals surface area contributed by atoms with E-state index >= 15 is 0 Å². The number of hydrogen-bond acceptors (Lipinski definition) is 2. The van der Waals surface area contributed by atoms with Crippen LogP contribution in [0.2, 0.25) is 0 Å². The number of hydrogen-bond donors (Lipinski definition) is 1. The SMILES string of the molecule is Cl.NC1CCN(C(=O)C2CCCC(C(F)(F)F)C2)C1. The number of alkyl halides is 3. The molecule has 1 amide bonds. The van der Waals surface area contributed by atoms with Crippen molar-refractivity contribution in [1.29, 1.82) is 0 Å². The molecule has 7 heteroatoms. The maximum Gasteiger partial charge on any atom is 0.391 e. The van der Waals surface area contributed by atoms with Crippen molar-refractivity contribution in [2.24, 2.45) is 17.6 Å². The molecule has 1 heterocycles. The Morgan fingerprint density at radius 3 is 2.42 bits per heavy atom. The molecule has 0 aromatic carbocycles. The molecule has 0 bridgehead atoms. The first-order chi connectivity index (χ1) is 8.38. The molecule has 19 heavy (non-hydrogen) atoms. The van der Waals surface area contributed by atoms with Gasteiger partial charge in [-0.05, 0) is 25.7 Å². The summed E-state index contributed by atoms with van der Waals surface area (Å²) in [5, 5.41) is 0. The first-order valence-electron chi connectivity index (χ1n) is 6.49. The molecule has 1 aliphatic carbocycles. The summed E-state index contributed by atoms with van der Waals surface area (Å²) < 4.78 is 38.0. The van der Waals surface area contributed by atoms with Crippen molar-refractivity contribution < 1.29 is 18.0 Å². The molecule has 0 aromatic heterocycles. The fourth-order valence-corrected chi connectivity index (χ4v) is 2.96. The van der Waals surface area contributed by atoms with Crippen LogP contribution in [0.25, 0.3) is 0 Å². The summed E-state index contributed by atoms with van der Waals surface area (Å²) >= 11 is 0. The highest BCUT2D eigenvalue weighted by Crippen LogP contribution is 2.40. The highest BCUT2D eigenvalue weighted by Gasteiger charge is 2.44. The molecule has 3 nitrogen and oxygen atoms in total. The van der Waals surface area contributed by atoms with Crippen LogP contribution >= 0.6 is 12.4 Å². The fraction of sp³-hybridized carbons (Fsp3) is 0.917. The van der Waals surface area contributed by atoms with Gasteiger partial charge in [0.05, 0.1) is 5.92 Å². The lowest BCUT2D eigenvalue weighted by Crippen LogP contribution is -2.40. The molecule has 1 saturated heterocycles. The zero-order valence-corrected chi connectivity index (χ0v) is 11.5. The third-order valence-electron chi connectivity index (χ3n) is 4.02. The molecule has 0 spiro atoms. The molecule has 0 aromatic rings. The van der Waals surface area contributed by atoms with Gasteiger partial charge in [0.2, 0.25) is 5.91 Å². The molecular formula is C12H20ClF3N2O. The van der Waals surface area contributed by atoms with E-state index in [1.165, 1.54) is 0 Å². The summed E-state index contributed by atoms with van der Waals surface area (Å²) in [5.74, 6) is -1.90. The normalized spacial score (nSPS) is 32.0. The van der Waals surface area contributed by atoms with Gasteiger partial charge in [0.15, 0.2) is 0 Å². The van der Waals surface area contributed by atoms with Crippen LogP contribution in [0, 0.1) is 11.8 Å². The van der Waals surface area contributed by atoms with Gasteiger partial charge in [-0.25, -0.2) is 0 Å². The van der Waals surface area contributed by atoms with Crippen molar-refractivity contribution in [2.45, 2.75) is 44.3 Å². The van der Waals surface area contributed by atoms with Gasteiger partial charge in [-0.2, -0.15) is 13.2 Å². The van der Waals surface area contributed by atoms with Crippen molar-refractivity contribution >= 4 is 18.3 Å². The van der Waals surface area contributed by atoms with Crippen LogP contribution in [0.1, 0.15) is 32.1 Å². The Hall–Kier alpha value is -0.490. The van der Waals surface area contributed by atoms with Crippen molar-refractivity contribution in [3.63, 3.8) is 0 Å². The number of halogens is 4. The molecule has 2 rings (SSSR count). The van der Waals surface area contributed by atoms with E-state index < -0.39 is 18.0 Å². The summed E-state index contributed by atoms with van der Waals surface area (Å²) in [4.78, 5) is 13.8. The lowest BCUT2D eigenvalue weighted by atomic mass is 9.80. The van der Waals surface area contributed by atoms with Crippen LogP contribution in [-0.4, -0.2) is 36.1 Å². The molecule has 2 N–H and O–H groups in total. The summed E-state index contributed by atoms with van der Waals surface area (Å²) in [6.07, 6.45) is -2.24. The molecule has 2 fully saturated rings. The largest absolute Gasteiger partial charge is 0.391 e.